The lowest BCUT2D eigenvalue weighted by Gasteiger charge is -2.11. The molecule has 0 aliphatic heterocycles. The van der Waals surface area contributed by atoms with Gasteiger partial charge in [-0.15, -0.1) is 0 Å². The Morgan fingerprint density at radius 3 is 2.29 bits per heavy atom. The third-order valence-electron chi connectivity index (χ3n) is 2.86. The van der Waals surface area contributed by atoms with Gasteiger partial charge in [-0.2, -0.15) is 0 Å². The van der Waals surface area contributed by atoms with E-state index in [-0.39, 0.29) is 12.4 Å². The number of ether oxygens (including phenoxy) is 3. The summed E-state index contributed by atoms with van der Waals surface area (Å²) in [5.41, 5.74) is 0.772. The van der Waals surface area contributed by atoms with E-state index in [4.69, 9.17) is 14.2 Å². The second-order valence-corrected chi connectivity index (χ2v) is 5.12. The Labute approximate surface area is 131 Å². The van der Waals surface area contributed by atoms with Gasteiger partial charge in [0.25, 0.3) is 0 Å². The second kappa shape index (κ2) is 7.13. The largest absolute Gasteiger partial charge is 0.493 e. The fourth-order valence-corrected chi connectivity index (χ4v) is 2.31. The second-order valence-electron chi connectivity index (χ2n) is 4.26. The van der Waals surface area contributed by atoms with Crippen LogP contribution in [0.2, 0.25) is 0 Å². The van der Waals surface area contributed by atoms with Gasteiger partial charge in [0.1, 0.15) is 5.75 Å². The Kier molecular flexibility index (Phi) is 5.22. The van der Waals surface area contributed by atoms with Crippen LogP contribution in [0.3, 0.4) is 0 Å². The van der Waals surface area contributed by atoms with Crippen LogP contribution in [-0.2, 0) is 11.2 Å². The molecule has 0 aliphatic rings. The molecule has 0 aromatic heterocycles. The minimum atomic E-state index is -0.339. The van der Waals surface area contributed by atoms with E-state index in [9.17, 15) is 4.79 Å². The van der Waals surface area contributed by atoms with Crippen molar-refractivity contribution in [2.24, 2.45) is 0 Å². The number of halogens is 1. The van der Waals surface area contributed by atoms with Crippen molar-refractivity contribution >= 4 is 21.9 Å². The molecular formula is C16H15BrO4. The normalized spacial score (nSPS) is 10.0. The highest BCUT2D eigenvalue weighted by Gasteiger charge is 2.14. The monoisotopic (exact) mass is 350 g/mol. The molecule has 0 saturated heterocycles. The summed E-state index contributed by atoms with van der Waals surface area (Å²) < 4.78 is 16.5. The Balaban J connectivity index is 2.14. The lowest BCUT2D eigenvalue weighted by atomic mass is 10.1. The van der Waals surface area contributed by atoms with E-state index in [1.807, 2.05) is 18.2 Å². The smallest absolute Gasteiger partial charge is 0.315 e. The Bertz CT molecular complexity index is 626. The van der Waals surface area contributed by atoms with Crippen LogP contribution in [0, 0.1) is 0 Å². The molecule has 21 heavy (non-hydrogen) atoms. The molecule has 0 aliphatic carbocycles. The minimum Gasteiger partial charge on any atom is -0.493 e. The SMILES string of the molecule is COc1cc(Br)c(CC(=O)Oc2ccccc2)cc1OC. The molecule has 0 heterocycles. The van der Waals surface area contributed by atoms with Gasteiger partial charge < -0.3 is 14.2 Å². The van der Waals surface area contributed by atoms with Crippen LogP contribution in [0.5, 0.6) is 17.2 Å². The molecule has 5 heteroatoms. The topological polar surface area (TPSA) is 44.8 Å². The number of rotatable bonds is 5. The van der Waals surface area contributed by atoms with Gasteiger partial charge in [0.2, 0.25) is 0 Å². The van der Waals surface area contributed by atoms with Crippen molar-refractivity contribution in [1.29, 1.82) is 0 Å². The molecule has 0 amide bonds. The van der Waals surface area contributed by atoms with Crippen LogP contribution in [0.1, 0.15) is 5.56 Å². The van der Waals surface area contributed by atoms with E-state index >= 15 is 0 Å². The number of hydrogen-bond donors (Lipinski definition) is 0. The van der Waals surface area contributed by atoms with E-state index in [1.54, 1.807) is 38.5 Å². The summed E-state index contributed by atoms with van der Waals surface area (Å²) in [6.45, 7) is 0. The van der Waals surface area contributed by atoms with E-state index in [0.29, 0.717) is 17.2 Å². The van der Waals surface area contributed by atoms with E-state index in [0.717, 1.165) is 10.0 Å². The number of para-hydroxylation sites is 1. The molecular weight excluding hydrogens is 336 g/mol. The van der Waals surface area contributed by atoms with Crippen molar-refractivity contribution in [3.63, 3.8) is 0 Å². The van der Waals surface area contributed by atoms with Crippen molar-refractivity contribution < 1.29 is 19.0 Å². The lowest BCUT2D eigenvalue weighted by Crippen LogP contribution is -2.11. The molecule has 0 unspecified atom stereocenters. The number of carbonyl (C=O) groups is 1. The van der Waals surface area contributed by atoms with Crippen molar-refractivity contribution in [3.05, 3.63) is 52.5 Å². The van der Waals surface area contributed by atoms with Crippen molar-refractivity contribution in [2.45, 2.75) is 6.42 Å². The standard InChI is InChI=1S/C16H15BrO4/c1-19-14-8-11(13(17)10-15(14)20-2)9-16(18)21-12-6-4-3-5-7-12/h3-8,10H,9H2,1-2H3. The minimum absolute atomic E-state index is 0.135. The fourth-order valence-electron chi connectivity index (χ4n) is 1.84. The molecule has 2 aromatic carbocycles. The zero-order valence-electron chi connectivity index (χ0n) is 11.8. The fraction of sp³-hybridized carbons (Fsp3) is 0.188. The van der Waals surface area contributed by atoms with Gasteiger partial charge in [0.15, 0.2) is 11.5 Å². The summed E-state index contributed by atoms with van der Waals surface area (Å²) in [5, 5.41) is 0. The molecule has 0 bridgehead atoms. The Hall–Kier alpha value is -2.01. The molecule has 2 aromatic rings. The van der Waals surface area contributed by atoms with Crippen molar-refractivity contribution in [2.75, 3.05) is 14.2 Å². The van der Waals surface area contributed by atoms with Crippen molar-refractivity contribution in [1.82, 2.24) is 0 Å². The maximum absolute atomic E-state index is 12.0. The summed E-state index contributed by atoms with van der Waals surface area (Å²) in [6.07, 6.45) is 0.135. The highest BCUT2D eigenvalue weighted by atomic mass is 79.9. The Morgan fingerprint density at radius 2 is 1.67 bits per heavy atom. The van der Waals surface area contributed by atoms with Gasteiger partial charge in [-0.05, 0) is 29.8 Å². The molecule has 110 valence electrons. The van der Waals surface area contributed by atoms with E-state index in [2.05, 4.69) is 15.9 Å². The molecule has 0 saturated carbocycles. The predicted molar refractivity (Wildman–Crippen MR) is 83.0 cm³/mol. The number of hydrogen-bond acceptors (Lipinski definition) is 4. The first kappa shape index (κ1) is 15.4. The third-order valence-corrected chi connectivity index (χ3v) is 3.60. The first-order valence-corrected chi connectivity index (χ1v) is 7.09. The molecule has 0 atom stereocenters. The lowest BCUT2D eigenvalue weighted by molar-refractivity contribution is -0.133. The number of esters is 1. The average molecular weight is 351 g/mol. The van der Waals surface area contributed by atoms with E-state index < -0.39 is 0 Å². The number of methoxy groups -OCH3 is 2. The quantitative estimate of drug-likeness (QED) is 0.610. The maximum atomic E-state index is 12.0. The number of carbonyl (C=O) groups excluding carboxylic acids is 1. The van der Waals surface area contributed by atoms with Crippen LogP contribution in [0.4, 0.5) is 0 Å². The van der Waals surface area contributed by atoms with Crippen LogP contribution in [0.25, 0.3) is 0 Å². The summed E-state index contributed by atoms with van der Waals surface area (Å²) in [5.74, 6) is 1.36. The first-order valence-electron chi connectivity index (χ1n) is 6.30. The molecule has 4 nitrogen and oxygen atoms in total. The van der Waals surface area contributed by atoms with Gasteiger partial charge in [-0.3, -0.25) is 4.79 Å². The van der Waals surface area contributed by atoms with Gasteiger partial charge in [0.05, 0.1) is 20.6 Å². The van der Waals surface area contributed by atoms with Gasteiger partial charge >= 0.3 is 5.97 Å². The molecule has 0 fully saturated rings. The molecule has 0 N–H and O–H groups in total. The zero-order chi connectivity index (χ0) is 15.2. The predicted octanol–water partition coefficient (Wildman–Crippen LogP) is 3.61. The Morgan fingerprint density at radius 1 is 1.05 bits per heavy atom. The van der Waals surface area contributed by atoms with Crippen LogP contribution in [0.15, 0.2) is 46.9 Å². The van der Waals surface area contributed by atoms with Gasteiger partial charge in [-0.25, -0.2) is 0 Å². The maximum Gasteiger partial charge on any atom is 0.315 e. The summed E-state index contributed by atoms with van der Waals surface area (Å²) in [7, 11) is 3.12. The van der Waals surface area contributed by atoms with Gasteiger partial charge in [0, 0.05) is 4.47 Å². The highest BCUT2D eigenvalue weighted by molar-refractivity contribution is 9.10. The zero-order valence-corrected chi connectivity index (χ0v) is 13.3. The number of benzene rings is 2. The summed E-state index contributed by atoms with van der Waals surface area (Å²) >= 11 is 3.42. The summed E-state index contributed by atoms with van der Waals surface area (Å²) in [6, 6.07) is 12.5. The van der Waals surface area contributed by atoms with Crippen LogP contribution < -0.4 is 14.2 Å². The van der Waals surface area contributed by atoms with Crippen LogP contribution >= 0.6 is 15.9 Å². The van der Waals surface area contributed by atoms with Crippen LogP contribution in [-0.4, -0.2) is 20.2 Å². The highest BCUT2D eigenvalue weighted by Crippen LogP contribution is 2.33. The van der Waals surface area contributed by atoms with Crippen molar-refractivity contribution in [3.8, 4) is 17.2 Å². The summed E-state index contributed by atoms with van der Waals surface area (Å²) in [4.78, 5) is 12.0. The van der Waals surface area contributed by atoms with Gasteiger partial charge in [-0.1, -0.05) is 34.1 Å². The van der Waals surface area contributed by atoms with E-state index in [1.165, 1.54) is 0 Å². The molecule has 2 rings (SSSR count). The molecule has 0 radical (unpaired) electrons. The average Bonchev–Trinajstić information content (AvgIpc) is 2.49. The first-order chi connectivity index (χ1) is 10.1. The molecule has 0 spiro atoms. The third kappa shape index (κ3) is 3.98.